The summed E-state index contributed by atoms with van der Waals surface area (Å²) < 4.78 is 39.9. The summed E-state index contributed by atoms with van der Waals surface area (Å²) in [5.41, 5.74) is -0.659. The number of hydrogen-bond acceptors (Lipinski definition) is 6. The lowest BCUT2D eigenvalue weighted by molar-refractivity contribution is 0.0249. The van der Waals surface area contributed by atoms with Gasteiger partial charge in [-0.3, -0.25) is 4.18 Å². The van der Waals surface area contributed by atoms with Crippen molar-refractivity contribution in [3.63, 3.8) is 0 Å². The first-order valence-corrected chi connectivity index (χ1v) is 11.0. The van der Waals surface area contributed by atoms with Crippen LogP contribution >= 0.6 is 22.6 Å². The fourth-order valence-corrected chi connectivity index (χ4v) is 2.97. The molecular formula is C18H26INO6S. The molecule has 9 heteroatoms. The minimum atomic E-state index is -3.75. The second kappa shape index (κ2) is 10.9. The summed E-state index contributed by atoms with van der Waals surface area (Å²) in [6.07, 6.45) is 0.798. The van der Waals surface area contributed by atoms with Gasteiger partial charge in [0.15, 0.2) is 0 Å². The van der Waals surface area contributed by atoms with Gasteiger partial charge in [-0.1, -0.05) is 6.08 Å². The monoisotopic (exact) mass is 511 g/mol. The van der Waals surface area contributed by atoms with Crippen LogP contribution in [0.15, 0.2) is 35.7 Å². The van der Waals surface area contributed by atoms with E-state index in [9.17, 15) is 13.2 Å². The van der Waals surface area contributed by atoms with Crippen molar-refractivity contribution in [1.29, 1.82) is 0 Å². The van der Waals surface area contributed by atoms with Crippen molar-refractivity contribution in [3.8, 4) is 5.75 Å². The number of carbonyl (C=O) groups is 1. The minimum Gasteiger partial charge on any atom is -0.492 e. The average molecular weight is 511 g/mol. The van der Waals surface area contributed by atoms with E-state index in [1.54, 1.807) is 27.7 Å². The molecule has 0 spiro atoms. The molecule has 0 bridgehead atoms. The lowest BCUT2D eigenvalue weighted by Gasteiger charge is -2.26. The maximum atomic E-state index is 12.4. The fourth-order valence-electron chi connectivity index (χ4n) is 1.88. The average Bonchev–Trinajstić information content (AvgIpc) is 2.53. The number of benzene rings is 1. The van der Waals surface area contributed by atoms with Gasteiger partial charge < -0.3 is 14.4 Å². The summed E-state index contributed by atoms with van der Waals surface area (Å²) in [6, 6.07) is 7.52. The van der Waals surface area contributed by atoms with Crippen molar-refractivity contribution >= 4 is 38.8 Å². The Kier molecular flexibility index (Phi) is 9.54. The van der Waals surface area contributed by atoms with E-state index in [2.05, 4.69) is 26.8 Å². The smallest absolute Gasteiger partial charge is 0.410 e. The summed E-state index contributed by atoms with van der Waals surface area (Å²) in [5.74, 6) is 0.689. The van der Waals surface area contributed by atoms with Crippen LogP contribution in [-0.4, -0.2) is 51.3 Å². The van der Waals surface area contributed by atoms with Crippen LogP contribution in [0.3, 0.4) is 0 Å². The van der Waals surface area contributed by atoms with E-state index in [0.717, 1.165) is 8.98 Å². The van der Waals surface area contributed by atoms with Gasteiger partial charge in [-0.05, 0) is 74.6 Å². The maximum Gasteiger partial charge on any atom is 0.410 e. The fraction of sp³-hybridized carbons (Fsp3) is 0.500. The highest BCUT2D eigenvalue weighted by Crippen LogP contribution is 2.14. The molecule has 0 N–H and O–H groups in total. The molecule has 1 aromatic rings. The van der Waals surface area contributed by atoms with Crippen LogP contribution in [0.25, 0.3) is 0 Å². The van der Waals surface area contributed by atoms with E-state index in [1.165, 1.54) is 11.0 Å². The van der Waals surface area contributed by atoms with Crippen molar-refractivity contribution in [2.24, 2.45) is 0 Å². The van der Waals surface area contributed by atoms with E-state index in [-0.39, 0.29) is 26.3 Å². The predicted molar refractivity (Wildman–Crippen MR) is 112 cm³/mol. The number of ether oxygens (including phenoxy) is 2. The molecule has 0 fully saturated rings. The molecule has 152 valence electrons. The zero-order valence-electron chi connectivity index (χ0n) is 16.0. The normalized spacial score (nSPS) is 12.2. The van der Waals surface area contributed by atoms with Gasteiger partial charge in [-0.15, -0.1) is 0 Å². The molecule has 0 saturated heterocycles. The quantitative estimate of drug-likeness (QED) is 0.371. The third kappa shape index (κ3) is 10.5. The molecule has 0 heterocycles. The Morgan fingerprint density at radius 2 is 1.85 bits per heavy atom. The topological polar surface area (TPSA) is 82.1 Å². The molecular weight excluding hydrogens is 485 g/mol. The molecule has 0 radical (unpaired) electrons. The Hall–Kier alpha value is -1.33. The second-order valence-corrected chi connectivity index (χ2v) is 9.24. The van der Waals surface area contributed by atoms with Crippen LogP contribution in [0.5, 0.6) is 5.75 Å². The number of rotatable bonds is 9. The molecule has 0 aliphatic heterocycles. The van der Waals surface area contributed by atoms with E-state index >= 15 is 0 Å². The van der Waals surface area contributed by atoms with Crippen molar-refractivity contribution in [2.75, 3.05) is 26.3 Å². The van der Waals surface area contributed by atoms with Gasteiger partial charge in [-0.2, -0.15) is 8.42 Å². The number of nitrogens with zero attached hydrogens (tertiary/aromatic N) is 1. The summed E-state index contributed by atoms with van der Waals surface area (Å²) >= 11 is 2.20. The first-order valence-electron chi connectivity index (χ1n) is 8.44. The highest BCUT2D eigenvalue weighted by atomic mass is 127. The minimum absolute atomic E-state index is 0.0479. The van der Waals surface area contributed by atoms with Crippen LogP contribution in [-0.2, 0) is 19.0 Å². The third-order valence-electron chi connectivity index (χ3n) is 2.97. The predicted octanol–water partition coefficient (Wildman–Crippen LogP) is 3.79. The molecule has 1 amide bonds. The molecule has 1 aromatic carbocycles. The molecule has 27 heavy (non-hydrogen) atoms. The first kappa shape index (κ1) is 23.7. The van der Waals surface area contributed by atoms with Gasteiger partial charge in [0.1, 0.15) is 18.0 Å². The molecule has 7 nitrogen and oxygen atoms in total. The molecule has 0 unspecified atom stereocenters. The summed E-state index contributed by atoms with van der Waals surface area (Å²) in [6.45, 7) is 7.46. The van der Waals surface area contributed by atoms with Gasteiger partial charge in [-0.25, -0.2) is 4.79 Å². The SMILES string of the molecule is CCOS(=O)(=O)/C=C/CN(CCOc1ccc(I)cc1)C(=O)OC(C)(C)C. The van der Waals surface area contributed by atoms with Crippen LogP contribution in [0, 0.1) is 3.57 Å². The molecule has 0 aliphatic rings. The Balaban J connectivity index is 2.70. The van der Waals surface area contributed by atoms with Gasteiger partial charge in [0.2, 0.25) is 0 Å². The maximum absolute atomic E-state index is 12.4. The number of amides is 1. The Labute approximate surface area is 174 Å². The highest BCUT2D eigenvalue weighted by Gasteiger charge is 2.21. The first-order chi connectivity index (χ1) is 12.5. The van der Waals surface area contributed by atoms with Crippen molar-refractivity contribution in [2.45, 2.75) is 33.3 Å². The zero-order chi connectivity index (χ0) is 20.5. The van der Waals surface area contributed by atoms with Crippen LogP contribution in [0.2, 0.25) is 0 Å². The van der Waals surface area contributed by atoms with Crippen molar-refractivity contribution in [3.05, 3.63) is 39.3 Å². The Bertz CT molecular complexity index is 725. The summed E-state index contributed by atoms with van der Waals surface area (Å²) in [7, 11) is -3.75. The van der Waals surface area contributed by atoms with E-state index in [1.807, 2.05) is 24.3 Å². The third-order valence-corrected chi connectivity index (χ3v) is 4.78. The molecule has 0 atom stereocenters. The molecule has 1 rings (SSSR count). The Morgan fingerprint density at radius 1 is 1.22 bits per heavy atom. The molecule has 0 aromatic heterocycles. The summed E-state index contributed by atoms with van der Waals surface area (Å²) in [4.78, 5) is 13.7. The van der Waals surface area contributed by atoms with E-state index in [0.29, 0.717) is 5.75 Å². The number of carbonyl (C=O) groups excluding carboxylic acids is 1. The van der Waals surface area contributed by atoms with E-state index in [4.69, 9.17) is 9.47 Å². The number of hydrogen-bond donors (Lipinski definition) is 0. The van der Waals surface area contributed by atoms with Gasteiger partial charge in [0, 0.05) is 10.1 Å². The van der Waals surface area contributed by atoms with Crippen LogP contribution < -0.4 is 4.74 Å². The Morgan fingerprint density at radius 3 is 2.41 bits per heavy atom. The van der Waals surface area contributed by atoms with Crippen molar-refractivity contribution < 1.29 is 26.9 Å². The molecule has 0 saturated carbocycles. The number of halogens is 1. The lowest BCUT2D eigenvalue weighted by Crippen LogP contribution is -2.39. The zero-order valence-corrected chi connectivity index (χ0v) is 18.9. The van der Waals surface area contributed by atoms with Gasteiger partial charge >= 0.3 is 6.09 Å². The summed E-state index contributed by atoms with van der Waals surface area (Å²) in [5, 5.41) is 0.938. The molecule has 0 aliphatic carbocycles. The highest BCUT2D eigenvalue weighted by molar-refractivity contribution is 14.1. The van der Waals surface area contributed by atoms with Crippen molar-refractivity contribution in [1.82, 2.24) is 4.90 Å². The van der Waals surface area contributed by atoms with Gasteiger partial charge in [0.05, 0.1) is 18.6 Å². The van der Waals surface area contributed by atoms with E-state index < -0.39 is 21.8 Å². The lowest BCUT2D eigenvalue weighted by atomic mass is 10.2. The largest absolute Gasteiger partial charge is 0.492 e. The second-order valence-electron chi connectivity index (χ2n) is 6.50. The van der Waals surface area contributed by atoms with Crippen LogP contribution in [0.1, 0.15) is 27.7 Å². The van der Waals surface area contributed by atoms with Gasteiger partial charge in [0.25, 0.3) is 10.1 Å². The van der Waals surface area contributed by atoms with Crippen LogP contribution in [0.4, 0.5) is 4.79 Å². The standard InChI is InChI=1S/C18H26INO6S/c1-5-25-27(22,23)14-6-11-20(17(21)26-18(2,3)4)12-13-24-16-9-7-15(19)8-10-16/h6-10,14H,5,11-13H2,1-4H3/b14-6+.